The number of hydrogen-bond acceptors (Lipinski definition) is 5. The van der Waals surface area contributed by atoms with Crippen LogP contribution in [0.15, 0.2) is 0 Å². The first-order valence-electron chi connectivity index (χ1n) is 5.91. The number of carbonyl (C=O) groups excluding carboxylic acids is 2. The largest absolute Gasteiger partial charge is 0.462 e. The zero-order valence-corrected chi connectivity index (χ0v) is 12.1. The molecular weight excluding hydrogens is 254 g/mol. The molecule has 1 heterocycles. The molecular formula is C12H20NO4S+. The summed E-state index contributed by atoms with van der Waals surface area (Å²) < 4.78 is 12.5. The topological polar surface area (TPSA) is 55.6 Å². The number of thioether (sulfide) groups is 1. The lowest BCUT2D eigenvalue weighted by atomic mass is 10.1. The molecule has 6 heteroatoms. The molecule has 0 bridgehead atoms. The lowest BCUT2D eigenvalue weighted by molar-refractivity contribution is -0.462. The van der Waals surface area contributed by atoms with E-state index in [2.05, 4.69) is 0 Å². The minimum atomic E-state index is -0.305. The van der Waals surface area contributed by atoms with Crippen molar-refractivity contribution in [3.8, 4) is 0 Å². The van der Waals surface area contributed by atoms with Gasteiger partial charge in [0.25, 0.3) is 0 Å². The van der Waals surface area contributed by atoms with Gasteiger partial charge in [-0.05, 0) is 6.92 Å². The van der Waals surface area contributed by atoms with Gasteiger partial charge in [0.2, 0.25) is 5.04 Å². The van der Waals surface area contributed by atoms with Crippen LogP contribution in [0.4, 0.5) is 0 Å². The number of rotatable bonds is 1. The molecule has 18 heavy (non-hydrogen) atoms. The highest BCUT2D eigenvalue weighted by atomic mass is 32.2. The molecule has 0 saturated carbocycles. The van der Waals surface area contributed by atoms with E-state index in [0.717, 1.165) is 5.04 Å². The molecule has 5 nitrogen and oxygen atoms in total. The quantitative estimate of drug-likeness (QED) is 0.528. The van der Waals surface area contributed by atoms with Gasteiger partial charge in [0.05, 0.1) is 6.42 Å². The van der Waals surface area contributed by atoms with Crippen LogP contribution in [0.3, 0.4) is 0 Å². The molecule has 2 unspecified atom stereocenters. The summed E-state index contributed by atoms with van der Waals surface area (Å²) in [6, 6.07) is 0. The summed E-state index contributed by atoms with van der Waals surface area (Å²) in [6.45, 7) is 3.21. The predicted octanol–water partition coefficient (Wildman–Crippen LogP) is 1.05. The summed E-state index contributed by atoms with van der Waals surface area (Å²) in [5.41, 5.74) is 0. The molecule has 1 saturated heterocycles. The molecule has 1 fully saturated rings. The first-order valence-corrected chi connectivity index (χ1v) is 6.89. The number of cyclic esters (lactones) is 1. The van der Waals surface area contributed by atoms with Crippen LogP contribution in [0, 0.1) is 0 Å². The van der Waals surface area contributed by atoms with Crippen molar-refractivity contribution >= 4 is 28.7 Å². The Balaban J connectivity index is 2.85. The van der Waals surface area contributed by atoms with Crippen molar-refractivity contribution in [2.75, 3.05) is 19.8 Å². The number of carbonyl (C=O) groups is 2. The predicted molar refractivity (Wildman–Crippen MR) is 69.9 cm³/mol. The summed E-state index contributed by atoms with van der Waals surface area (Å²) >= 11 is 1.44. The average molecular weight is 274 g/mol. The third-order valence-electron chi connectivity index (χ3n) is 2.52. The highest BCUT2D eigenvalue weighted by molar-refractivity contribution is 8.14. The second-order valence-corrected chi connectivity index (χ2v) is 5.60. The van der Waals surface area contributed by atoms with Crippen molar-refractivity contribution in [3.05, 3.63) is 0 Å². The summed E-state index contributed by atoms with van der Waals surface area (Å²) in [4.78, 5) is 22.6. The fraction of sp³-hybridized carbons (Fsp3) is 0.750. The third-order valence-corrected chi connectivity index (χ3v) is 3.76. The van der Waals surface area contributed by atoms with Gasteiger partial charge in [-0.15, -0.1) is 0 Å². The molecule has 1 aliphatic rings. The molecule has 0 aromatic rings. The molecule has 2 atom stereocenters. The normalized spacial score (nSPS) is 25.6. The Morgan fingerprint density at radius 3 is 2.72 bits per heavy atom. The van der Waals surface area contributed by atoms with Crippen LogP contribution < -0.4 is 0 Å². The van der Waals surface area contributed by atoms with Gasteiger partial charge < -0.3 is 9.47 Å². The van der Waals surface area contributed by atoms with Crippen LogP contribution in [0.5, 0.6) is 0 Å². The zero-order chi connectivity index (χ0) is 13.7. The van der Waals surface area contributed by atoms with Crippen molar-refractivity contribution in [2.45, 2.75) is 38.9 Å². The van der Waals surface area contributed by atoms with E-state index in [1.165, 1.54) is 18.7 Å². The lowest BCUT2D eigenvalue weighted by Gasteiger charge is -2.18. The molecule has 0 amide bonds. The average Bonchev–Trinajstić information content (AvgIpc) is 2.27. The summed E-state index contributed by atoms with van der Waals surface area (Å²) in [5, 5.41) is 1.02. The fourth-order valence-electron chi connectivity index (χ4n) is 1.79. The summed E-state index contributed by atoms with van der Waals surface area (Å²) in [7, 11) is 3.83. The Morgan fingerprint density at radius 1 is 1.50 bits per heavy atom. The van der Waals surface area contributed by atoms with Gasteiger partial charge in [0.1, 0.15) is 32.1 Å². The molecule has 0 spiro atoms. The fourth-order valence-corrected chi connectivity index (χ4v) is 2.71. The molecule has 0 radical (unpaired) electrons. The molecule has 1 aliphatic heterocycles. The van der Waals surface area contributed by atoms with Crippen LogP contribution in [-0.4, -0.2) is 53.6 Å². The SMILES string of the molecule is CC(=O)OC1CC(=[N+](C)C)SCC(=O)OC(C)C1. The van der Waals surface area contributed by atoms with Crippen LogP contribution in [-0.2, 0) is 19.1 Å². The summed E-state index contributed by atoms with van der Waals surface area (Å²) in [5.74, 6) is -0.235. The van der Waals surface area contributed by atoms with E-state index in [4.69, 9.17) is 9.47 Å². The van der Waals surface area contributed by atoms with Crippen LogP contribution in [0.25, 0.3) is 0 Å². The molecule has 0 aromatic carbocycles. The minimum Gasteiger partial charge on any atom is -0.462 e. The smallest absolute Gasteiger partial charge is 0.316 e. The van der Waals surface area contributed by atoms with Crippen molar-refractivity contribution in [2.24, 2.45) is 0 Å². The maximum atomic E-state index is 11.5. The maximum Gasteiger partial charge on any atom is 0.316 e. The standard InChI is InChI=1S/C12H20NO4S/c1-8-5-10(17-9(2)14)6-11(13(3)4)18-7-12(15)16-8/h8,10H,5-7H2,1-4H3/q+1. The second-order valence-electron chi connectivity index (χ2n) is 4.55. The first kappa shape index (κ1) is 15.0. The minimum absolute atomic E-state index is 0.227. The Hall–Kier alpha value is -1.04. The Kier molecular flexibility index (Phi) is 5.65. The lowest BCUT2D eigenvalue weighted by Crippen LogP contribution is -2.26. The van der Waals surface area contributed by atoms with E-state index < -0.39 is 0 Å². The van der Waals surface area contributed by atoms with Crippen molar-refractivity contribution in [1.82, 2.24) is 0 Å². The molecule has 0 N–H and O–H groups in total. The molecule has 0 aromatic heterocycles. The van der Waals surface area contributed by atoms with Gasteiger partial charge in [0, 0.05) is 13.3 Å². The van der Waals surface area contributed by atoms with Gasteiger partial charge >= 0.3 is 11.9 Å². The molecule has 1 rings (SSSR count). The number of ether oxygens (including phenoxy) is 2. The van der Waals surface area contributed by atoms with E-state index in [9.17, 15) is 9.59 Å². The number of hydrogen-bond donors (Lipinski definition) is 0. The molecule has 102 valence electrons. The Labute approximate surface area is 112 Å². The van der Waals surface area contributed by atoms with E-state index in [1.807, 2.05) is 25.6 Å². The monoisotopic (exact) mass is 274 g/mol. The second kappa shape index (κ2) is 6.78. The third kappa shape index (κ3) is 5.08. The van der Waals surface area contributed by atoms with Crippen LogP contribution in [0.1, 0.15) is 26.7 Å². The van der Waals surface area contributed by atoms with Crippen molar-refractivity contribution in [1.29, 1.82) is 0 Å². The van der Waals surface area contributed by atoms with Crippen molar-refractivity contribution < 1.29 is 23.6 Å². The maximum absolute atomic E-state index is 11.5. The highest BCUT2D eigenvalue weighted by Gasteiger charge is 2.27. The van der Waals surface area contributed by atoms with Crippen molar-refractivity contribution in [3.63, 3.8) is 0 Å². The number of esters is 2. The van der Waals surface area contributed by atoms with Crippen LogP contribution in [0.2, 0.25) is 0 Å². The Bertz CT molecular complexity index is 363. The first-order chi connectivity index (χ1) is 8.38. The van der Waals surface area contributed by atoms with Gasteiger partial charge in [0.15, 0.2) is 0 Å². The van der Waals surface area contributed by atoms with E-state index in [0.29, 0.717) is 18.6 Å². The van der Waals surface area contributed by atoms with E-state index in [1.54, 1.807) is 0 Å². The van der Waals surface area contributed by atoms with Gasteiger partial charge in [-0.2, -0.15) is 0 Å². The number of nitrogens with zero attached hydrogens (tertiary/aromatic N) is 1. The zero-order valence-electron chi connectivity index (χ0n) is 11.3. The van der Waals surface area contributed by atoms with Gasteiger partial charge in [-0.3, -0.25) is 9.59 Å². The Morgan fingerprint density at radius 2 is 2.17 bits per heavy atom. The van der Waals surface area contributed by atoms with Gasteiger partial charge in [-0.25, -0.2) is 4.58 Å². The highest BCUT2D eigenvalue weighted by Crippen LogP contribution is 2.19. The van der Waals surface area contributed by atoms with E-state index >= 15 is 0 Å². The summed E-state index contributed by atoms with van der Waals surface area (Å²) in [6.07, 6.45) is 0.679. The van der Waals surface area contributed by atoms with Crippen LogP contribution >= 0.6 is 11.8 Å². The van der Waals surface area contributed by atoms with E-state index in [-0.39, 0.29) is 24.1 Å². The molecule has 0 aliphatic carbocycles. The van der Waals surface area contributed by atoms with Gasteiger partial charge in [-0.1, -0.05) is 11.8 Å².